The molecule has 1 N–H and O–H groups in total. The highest BCUT2D eigenvalue weighted by Crippen LogP contribution is 2.41. The van der Waals surface area contributed by atoms with Crippen LogP contribution >= 0.6 is 12.2 Å². The van der Waals surface area contributed by atoms with Gasteiger partial charge in [-0.05, 0) is 60.7 Å². The Labute approximate surface area is 165 Å². The number of nitrogens with one attached hydrogen (secondary N) is 1. The number of benzene rings is 1. The van der Waals surface area contributed by atoms with E-state index in [1.54, 1.807) is 0 Å². The summed E-state index contributed by atoms with van der Waals surface area (Å²) in [6.07, 6.45) is 3.90. The zero-order chi connectivity index (χ0) is 19.0. The van der Waals surface area contributed by atoms with Crippen LogP contribution in [0.3, 0.4) is 0 Å². The van der Waals surface area contributed by atoms with E-state index in [1.807, 2.05) is 32.4 Å². The van der Waals surface area contributed by atoms with Gasteiger partial charge in [0.1, 0.15) is 6.04 Å². The molecule has 5 nitrogen and oxygen atoms in total. The molecule has 1 aliphatic heterocycles. The fourth-order valence-corrected chi connectivity index (χ4v) is 3.97. The number of aryl methyl sites for hydroxylation is 1. The molecule has 0 radical (unpaired) electrons. The lowest BCUT2D eigenvalue weighted by Gasteiger charge is -2.28. The minimum absolute atomic E-state index is 0.0131. The molecule has 138 valence electrons. The van der Waals surface area contributed by atoms with Gasteiger partial charge in [0.05, 0.1) is 11.7 Å². The van der Waals surface area contributed by atoms with E-state index >= 15 is 0 Å². The maximum Gasteiger partial charge on any atom is 0.174 e. The summed E-state index contributed by atoms with van der Waals surface area (Å²) in [5.74, 6) is 0. The standard InChI is InChI=1S/C21H23N5S/c1-24(2)15-9-11-16(12-10-15)26-20(18-8-6-14-25(18)3)19(23-21(26)27)17-7-4-5-13-22-17/h4-14,19-20H,1-3H3,(H,23,27)/t19-,20+/m0/s1. The third-order valence-electron chi connectivity index (χ3n) is 5.03. The van der Waals surface area contributed by atoms with Gasteiger partial charge < -0.3 is 19.7 Å². The monoisotopic (exact) mass is 377 g/mol. The van der Waals surface area contributed by atoms with E-state index < -0.39 is 0 Å². The summed E-state index contributed by atoms with van der Waals surface area (Å²) in [5.41, 5.74) is 4.41. The summed E-state index contributed by atoms with van der Waals surface area (Å²) >= 11 is 5.75. The first-order valence-corrected chi connectivity index (χ1v) is 9.36. The third kappa shape index (κ3) is 3.17. The largest absolute Gasteiger partial charge is 0.378 e. The van der Waals surface area contributed by atoms with Crippen molar-refractivity contribution in [2.24, 2.45) is 7.05 Å². The van der Waals surface area contributed by atoms with Crippen molar-refractivity contribution in [2.75, 3.05) is 23.9 Å². The average Bonchev–Trinajstić information content (AvgIpc) is 3.25. The highest BCUT2D eigenvalue weighted by atomic mass is 32.1. The van der Waals surface area contributed by atoms with Crippen LogP contribution in [-0.4, -0.2) is 28.8 Å². The van der Waals surface area contributed by atoms with E-state index in [2.05, 4.69) is 80.4 Å². The first-order chi connectivity index (χ1) is 13.1. The lowest BCUT2D eigenvalue weighted by atomic mass is 10.0. The first kappa shape index (κ1) is 17.5. The molecule has 1 aromatic carbocycles. The third-order valence-corrected chi connectivity index (χ3v) is 5.34. The lowest BCUT2D eigenvalue weighted by Crippen LogP contribution is -2.30. The van der Waals surface area contributed by atoms with Crippen molar-refractivity contribution < 1.29 is 0 Å². The Bertz CT molecular complexity index is 933. The number of nitrogens with zero attached hydrogens (tertiary/aromatic N) is 4. The molecule has 0 saturated carbocycles. The average molecular weight is 378 g/mol. The zero-order valence-electron chi connectivity index (χ0n) is 15.7. The van der Waals surface area contributed by atoms with Crippen LogP contribution in [0.1, 0.15) is 23.5 Å². The van der Waals surface area contributed by atoms with E-state index in [-0.39, 0.29) is 12.1 Å². The summed E-state index contributed by atoms with van der Waals surface area (Å²) in [7, 11) is 6.15. The number of anilines is 2. The Morgan fingerprint density at radius 3 is 2.41 bits per heavy atom. The quantitative estimate of drug-likeness (QED) is 0.702. The SMILES string of the molecule is CN(C)c1ccc(N2C(=S)N[C@@H](c3ccccn3)[C@H]2c2cccn2C)cc1. The van der Waals surface area contributed by atoms with Crippen LogP contribution < -0.4 is 15.1 Å². The van der Waals surface area contributed by atoms with Gasteiger partial charge >= 0.3 is 0 Å². The van der Waals surface area contributed by atoms with Crippen LogP contribution in [0.2, 0.25) is 0 Å². The van der Waals surface area contributed by atoms with Crippen LogP contribution in [0.5, 0.6) is 0 Å². The molecule has 0 spiro atoms. The number of hydrogen-bond donors (Lipinski definition) is 1. The second kappa shape index (κ2) is 7.04. The second-order valence-electron chi connectivity index (χ2n) is 6.95. The van der Waals surface area contributed by atoms with E-state index in [1.165, 1.54) is 5.69 Å². The Hall–Kier alpha value is -2.86. The molecule has 6 heteroatoms. The predicted octanol–water partition coefficient (Wildman–Crippen LogP) is 3.66. The molecular formula is C21H23N5S. The van der Waals surface area contributed by atoms with Crippen LogP contribution in [0.25, 0.3) is 0 Å². The van der Waals surface area contributed by atoms with Gasteiger partial charge in [0.15, 0.2) is 5.11 Å². The molecule has 4 rings (SSSR count). The van der Waals surface area contributed by atoms with Gasteiger partial charge in [0, 0.05) is 50.6 Å². The molecule has 0 amide bonds. The van der Waals surface area contributed by atoms with Crippen LogP contribution in [0.15, 0.2) is 67.0 Å². The summed E-state index contributed by atoms with van der Waals surface area (Å²) in [6.45, 7) is 0. The molecule has 3 heterocycles. The van der Waals surface area contributed by atoms with Crippen molar-refractivity contribution in [3.05, 3.63) is 78.4 Å². The molecule has 2 atom stereocenters. The molecule has 27 heavy (non-hydrogen) atoms. The van der Waals surface area contributed by atoms with Crippen LogP contribution in [0, 0.1) is 0 Å². The van der Waals surface area contributed by atoms with Crippen molar-refractivity contribution in [1.82, 2.24) is 14.9 Å². The summed E-state index contributed by atoms with van der Waals surface area (Å²) in [4.78, 5) is 8.88. The molecule has 0 unspecified atom stereocenters. The Morgan fingerprint density at radius 1 is 1.04 bits per heavy atom. The van der Waals surface area contributed by atoms with Gasteiger partial charge in [-0.15, -0.1) is 0 Å². The highest BCUT2D eigenvalue weighted by molar-refractivity contribution is 7.80. The zero-order valence-corrected chi connectivity index (χ0v) is 16.5. The number of pyridine rings is 1. The predicted molar refractivity (Wildman–Crippen MR) is 114 cm³/mol. The Morgan fingerprint density at radius 2 is 1.81 bits per heavy atom. The molecule has 0 aliphatic carbocycles. The smallest absolute Gasteiger partial charge is 0.174 e. The molecule has 3 aromatic rings. The molecular weight excluding hydrogens is 354 g/mol. The minimum Gasteiger partial charge on any atom is -0.378 e. The van der Waals surface area contributed by atoms with Crippen molar-refractivity contribution in [1.29, 1.82) is 0 Å². The topological polar surface area (TPSA) is 36.3 Å². The van der Waals surface area contributed by atoms with Crippen molar-refractivity contribution in [3.63, 3.8) is 0 Å². The van der Waals surface area contributed by atoms with Gasteiger partial charge in [0.2, 0.25) is 0 Å². The van der Waals surface area contributed by atoms with Gasteiger partial charge in [-0.1, -0.05) is 6.07 Å². The fraction of sp³-hybridized carbons (Fsp3) is 0.238. The number of hydrogen-bond acceptors (Lipinski definition) is 3. The molecule has 0 bridgehead atoms. The Kier molecular flexibility index (Phi) is 4.58. The molecule has 1 aliphatic rings. The second-order valence-corrected chi connectivity index (χ2v) is 7.34. The lowest BCUT2D eigenvalue weighted by molar-refractivity contribution is 0.541. The maximum atomic E-state index is 5.75. The summed E-state index contributed by atoms with van der Waals surface area (Å²) in [5, 5.41) is 4.21. The highest BCUT2D eigenvalue weighted by Gasteiger charge is 2.41. The van der Waals surface area contributed by atoms with Gasteiger partial charge in [-0.25, -0.2) is 0 Å². The minimum atomic E-state index is -0.0131. The van der Waals surface area contributed by atoms with E-state index in [4.69, 9.17) is 12.2 Å². The molecule has 1 fully saturated rings. The van der Waals surface area contributed by atoms with E-state index in [0.717, 1.165) is 22.2 Å². The summed E-state index contributed by atoms with van der Waals surface area (Å²) < 4.78 is 2.15. The fourth-order valence-electron chi connectivity index (χ4n) is 3.63. The van der Waals surface area contributed by atoms with Crippen molar-refractivity contribution in [2.45, 2.75) is 12.1 Å². The number of aromatic nitrogens is 2. The number of rotatable bonds is 4. The summed E-state index contributed by atoms with van der Waals surface area (Å²) in [6, 6.07) is 18.7. The number of thiocarbonyl (C=S) groups is 1. The Balaban J connectivity index is 1.79. The van der Waals surface area contributed by atoms with Gasteiger partial charge in [-0.3, -0.25) is 4.98 Å². The van der Waals surface area contributed by atoms with Crippen molar-refractivity contribution in [3.8, 4) is 0 Å². The van der Waals surface area contributed by atoms with E-state index in [0.29, 0.717) is 0 Å². The van der Waals surface area contributed by atoms with Gasteiger partial charge in [-0.2, -0.15) is 0 Å². The van der Waals surface area contributed by atoms with Gasteiger partial charge in [0.25, 0.3) is 0 Å². The first-order valence-electron chi connectivity index (χ1n) is 8.95. The molecule has 2 aromatic heterocycles. The normalized spacial score (nSPS) is 19.2. The maximum absolute atomic E-state index is 5.75. The molecule has 1 saturated heterocycles. The van der Waals surface area contributed by atoms with Crippen LogP contribution in [0.4, 0.5) is 11.4 Å². The van der Waals surface area contributed by atoms with Crippen molar-refractivity contribution >= 4 is 28.7 Å². The van der Waals surface area contributed by atoms with E-state index in [9.17, 15) is 0 Å². The van der Waals surface area contributed by atoms with Crippen LogP contribution in [-0.2, 0) is 7.05 Å².